The van der Waals surface area contributed by atoms with Crippen LogP contribution in [0.1, 0.15) is 10.4 Å². The van der Waals surface area contributed by atoms with E-state index in [4.69, 9.17) is 0 Å². The SMILES string of the molecule is O=C(O)c1ccc(F)c2ccc(Nc3ncccc3OC(F)F)nc12. The Labute approximate surface area is 138 Å². The molecule has 0 saturated heterocycles. The van der Waals surface area contributed by atoms with Gasteiger partial charge in [-0.05, 0) is 36.4 Å². The molecule has 0 aliphatic carbocycles. The normalized spacial score (nSPS) is 10.9. The van der Waals surface area contributed by atoms with Gasteiger partial charge in [0.25, 0.3) is 0 Å². The molecule has 0 unspecified atom stereocenters. The van der Waals surface area contributed by atoms with Crippen molar-refractivity contribution in [3.05, 3.63) is 54.0 Å². The molecule has 6 nitrogen and oxygen atoms in total. The van der Waals surface area contributed by atoms with Gasteiger partial charge in [-0.3, -0.25) is 0 Å². The topological polar surface area (TPSA) is 84.3 Å². The third-order valence-corrected chi connectivity index (χ3v) is 3.27. The molecule has 0 bridgehead atoms. The summed E-state index contributed by atoms with van der Waals surface area (Å²) in [6, 6.07) is 7.54. The number of hydrogen-bond acceptors (Lipinski definition) is 5. The Hall–Kier alpha value is -3.36. The van der Waals surface area contributed by atoms with Gasteiger partial charge in [0, 0.05) is 11.6 Å². The zero-order chi connectivity index (χ0) is 18.0. The molecule has 0 aliphatic rings. The van der Waals surface area contributed by atoms with E-state index in [1.54, 1.807) is 0 Å². The lowest BCUT2D eigenvalue weighted by atomic mass is 10.1. The average Bonchev–Trinajstić information content (AvgIpc) is 2.56. The highest BCUT2D eigenvalue weighted by atomic mass is 19.3. The van der Waals surface area contributed by atoms with Crippen molar-refractivity contribution < 1.29 is 27.8 Å². The molecule has 2 N–H and O–H groups in total. The van der Waals surface area contributed by atoms with Crippen molar-refractivity contribution in [3.8, 4) is 5.75 Å². The van der Waals surface area contributed by atoms with Gasteiger partial charge >= 0.3 is 12.6 Å². The quantitative estimate of drug-likeness (QED) is 0.729. The molecule has 0 aliphatic heterocycles. The monoisotopic (exact) mass is 349 g/mol. The smallest absolute Gasteiger partial charge is 0.387 e. The van der Waals surface area contributed by atoms with Crippen LogP contribution in [0.4, 0.5) is 24.8 Å². The molecular weight excluding hydrogens is 339 g/mol. The van der Waals surface area contributed by atoms with Crippen LogP contribution in [0.25, 0.3) is 10.9 Å². The lowest BCUT2D eigenvalue weighted by Crippen LogP contribution is -2.06. The first-order valence-corrected chi connectivity index (χ1v) is 6.95. The van der Waals surface area contributed by atoms with Crippen LogP contribution in [0.5, 0.6) is 5.75 Å². The van der Waals surface area contributed by atoms with Gasteiger partial charge in [0.2, 0.25) is 0 Å². The van der Waals surface area contributed by atoms with Crippen LogP contribution < -0.4 is 10.1 Å². The Kier molecular flexibility index (Phi) is 4.38. The number of ether oxygens (including phenoxy) is 1. The highest BCUT2D eigenvalue weighted by molar-refractivity contribution is 6.02. The number of nitrogens with one attached hydrogen (secondary N) is 1. The van der Waals surface area contributed by atoms with E-state index in [2.05, 4.69) is 20.0 Å². The molecule has 0 spiro atoms. The first kappa shape index (κ1) is 16.5. The van der Waals surface area contributed by atoms with Gasteiger partial charge < -0.3 is 15.2 Å². The molecule has 9 heteroatoms. The molecule has 0 radical (unpaired) electrons. The number of carboxylic acids is 1. The van der Waals surface area contributed by atoms with Crippen LogP contribution in [0.3, 0.4) is 0 Å². The molecule has 2 aromatic heterocycles. The number of alkyl halides is 2. The van der Waals surface area contributed by atoms with Gasteiger partial charge in [0.1, 0.15) is 11.6 Å². The first-order chi connectivity index (χ1) is 12.0. The summed E-state index contributed by atoms with van der Waals surface area (Å²) in [6.45, 7) is -3.04. The second-order valence-corrected chi connectivity index (χ2v) is 4.85. The van der Waals surface area contributed by atoms with Crippen molar-refractivity contribution in [2.45, 2.75) is 6.61 Å². The molecule has 25 heavy (non-hydrogen) atoms. The van der Waals surface area contributed by atoms with E-state index in [1.165, 1.54) is 30.5 Å². The number of pyridine rings is 2. The van der Waals surface area contributed by atoms with E-state index in [0.717, 1.165) is 12.1 Å². The average molecular weight is 349 g/mol. The second kappa shape index (κ2) is 6.63. The predicted molar refractivity (Wildman–Crippen MR) is 82.8 cm³/mol. The van der Waals surface area contributed by atoms with Crippen molar-refractivity contribution in [2.24, 2.45) is 0 Å². The number of benzene rings is 1. The summed E-state index contributed by atoms with van der Waals surface area (Å²) in [5.41, 5.74) is -0.269. The van der Waals surface area contributed by atoms with E-state index in [-0.39, 0.29) is 33.9 Å². The lowest BCUT2D eigenvalue weighted by Gasteiger charge is -2.12. The zero-order valence-corrected chi connectivity index (χ0v) is 12.4. The van der Waals surface area contributed by atoms with E-state index < -0.39 is 18.4 Å². The van der Waals surface area contributed by atoms with E-state index in [9.17, 15) is 23.1 Å². The minimum absolute atomic E-state index is 0.0236. The van der Waals surface area contributed by atoms with Gasteiger partial charge in [-0.25, -0.2) is 19.2 Å². The van der Waals surface area contributed by atoms with Gasteiger partial charge in [0.15, 0.2) is 11.6 Å². The number of aromatic nitrogens is 2. The van der Waals surface area contributed by atoms with Crippen LogP contribution in [0.2, 0.25) is 0 Å². The third kappa shape index (κ3) is 3.44. The molecule has 3 rings (SSSR count). The van der Waals surface area contributed by atoms with Gasteiger partial charge in [-0.1, -0.05) is 0 Å². The summed E-state index contributed by atoms with van der Waals surface area (Å²) < 4.78 is 43.0. The van der Waals surface area contributed by atoms with E-state index >= 15 is 0 Å². The van der Waals surface area contributed by atoms with Crippen molar-refractivity contribution >= 4 is 28.5 Å². The standard InChI is InChI=1S/C16H10F3N3O3/c17-10-5-3-9(15(23)24)13-8(10)4-6-12(21-13)22-14-11(25-16(18)19)2-1-7-20-14/h1-7,16H,(H,23,24)(H,20,21,22). The molecule has 0 fully saturated rings. The fourth-order valence-electron chi connectivity index (χ4n) is 2.22. The number of carboxylic acid groups (broad SMARTS) is 1. The predicted octanol–water partition coefficient (Wildman–Crippen LogP) is 3.81. The van der Waals surface area contributed by atoms with Crippen molar-refractivity contribution in [1.29, 1.82) is 0 Å². The maximum absolute atomic E-state index is 13.8. The minimum Gasteiger partial charge on any atom is -0.478 e. The number of carbonyl (C=O) groups is 1. The number of rotatable bonds is 5. The Morgan fingerprint density at radius 1 is 1.20 bits per heavy atom. The third-order valence-electron chi connectivity index (χ3n) is 3.27. The number of aromatic carboxylic acids is 1. The number of nitrogens with zero attached hydrogens (tertiary/aromatic N) is 2. The molecule has 0 amide bonds. The maximum Gasteiger partial charge on any atom is 0.387 e. The molecule has 2 heterocycles. The largest absolute Gasteiger partial charge is 0.478 e. The summed E-state index contributed by atoms with van der Waals surface area (Å²) in [6.07, 6.45) is 1.35. The Morgan fingerprint density at radius 2 is 2.00 bits per heavy atom. The second-order valence-electron chi connectivity index (χ2n) is 4.85. The summed E-state index contributed by atoms with van der Waals surface area (Å²) in [5, 5.41) is 11.9. The van der Waals surface area contributed by atoms with Gasteiger partial charge in [0.05, 0.1) is 11.1 Å². The van der Waals surface area contributed by atoms with Crippen molar-refractivity contribution in [1.82, 2.24) is 9.97 Å². The highest BCUT2D eigenvalue weighted by Crippen LogP contribution is 2.28. The van der Waals surface area contributed by atoms with Gasteiger partial charge in [-0.2, -0.15) is 8.78 Å². The zero-order valence-electron chi connectivity index (χ0n) is 12.4. The Morgan fingerprint density at radius 3 is 2.72 bits per heavy atom. The molecule has 0 saturated carbocycles. The van der Waals surface area contributed by atoms with E-state index in [0.29, 0.717) is 0 Å². The summed E-state index contributed by atoms with van der Waals surface area (Å²) in [7, 11) is 0. The van der Waals surface area contributed by atoms with Crippen molar-refractivity contribution in [3.63, 3.8) is 0 Å². The molecule has 3 aromatic rings. The highest BCUT2D eigenvalue weighted by Gasteiger charge is 2.15. The molecule has 128 valence electrons. The molecule has 0 atom stereocenters. The fraction of sp³-hybridized carbons (Fsp3) is 0.0625. The molecular formula is C16H10F3N3O3. The maximum atomic E-state index is 13.8. The number of hydrogen-bond donors (Lipinski definition) is 2. The van der Waals surface area contributed by atoms with Crippen LogP contribution in [0, 0.1) is 5.82 Å². The van der Waals surface area contributed by atoms with E-state index in [1.807, 2.05) is 0 Å². The summed E-state index contributed by atoms with van der Waals surface area (Å²) in [4.78, 5) is 19.2. The van der Waals surface area contributed by atoms with Crippen molar-refractivity contribution in [2.75, 3.05) is 5.32 Å². The van der Waals surface area contributed by atoms with Crippen LogP contribution in [-0.4, -0.2) is 27.7 Å². The number of fused-ring (bicyclic) bond motifs is 1. The van der Waals surface area contributed by atoms with Crippen LogP contribution >= 0.6 is 0 Å². The Balaban J connectivity index is 2.03. The fourth-order valence-corrected chi connectivity index (χ4v) is 2.22. The first-order valence-electron chi connectivity index (χ1n) is 6.95. The Bertz CT molecular complexity index is 950. The van der Waals surface area contributed by atoms with Gasteiger partial charge in [-0.15, -0.1) is 0 Å². The minimum atomic E-state index is -3.04. The number of anilines is 2. The number of halogens is 3. The summed E-state index contributed by atoms with van der Waals surface area (Å²) >= 11 is 0. The molecule has 1 aromatic carbocycles. The van der Waals surface area contributed by atoms with Crippen LogP contribution in [-0.2, 0) is 0 Å². The lowest BCUT2D eigenvalue weighted by molar-refractivity contribution is -0.0495. The summed E-state index contributed by atoms with van der Waals surface area (Å²) in [5.74, 6) is -2.05. The van der Waals surface area contributed by atoms with Crippen LogP contribution in [0.15, 0.2) is 42.6 Å².